The monoisotopic (exact) mass is 418 g/mol. The molecule has 0 saturated heterocycles. The predicted octanol–water partition coefficient (Wildman–Crippen LogP) is 4.40. The van der Waals surface area contributed by atoms with Crippen molar-refractivity contribution in [2.75, 3.05) is 6.61 Å². The van der Waals surface area contributed by atoms with Gasteiger partial charge in [0.05, 0.1) is 6.61 Å². The van der Waals surface area contributed by atoms with Gasteiger partial charge in [-0.1, -0.05) is 44.2 Å². The number of ether oxygens (including phenoxy) is 1. The molecule has 0 aliphatic heterocycles. The third kappa shape index (κ3) is 5.52. The summed E-state index contributed by atoms with van der Waals surface area (Å²) in [6.07, 6.45) is -4.64. The van der Waals surface area contributed by atoms with E-state index >= 15 is 0 Å². The van der Waals surface area contributed by atoms with Gasteiger partial charge in [-0.25, -0.2) is 4.39 Å². The van der Waals surface area contributed by atoms with Gasteiger partial charge in [-0.3, -0.25) is 9.35 Å². The van der Waals surface area contributed by atoms with E-state index in [0.717, 1.165) is 17.7 Å². The maximum Gasteiger partial charge on any atom is 0.420 e. The smallest absolute Gasteiger partial charge is 0.420 e. The van der Waals surface area contributed by atoms with Crippen LogP contribution in [0.2, 0.25) is 0 Å². The summed E-state index contributed by atoms with van der Waals surface area (Å²) in [7, 11) is 0. The number of alkyl halides is 3. The lowest BCUT2D eigenvalue weighted by molar-refractivity contribution is -0.139. The van der Waals surface area contributed by atoms with Crippen LogP contribution < -0.4 is 9.88 Å². The van der Waals surface area contributed by atoms with Crippen molar-refractivity contribution < 1.29 is 31.1 Å². The molecule has 1 fully saturated rings. The molecule has 28 heavy (non-hydrogen) atoms. The lowest BCUT2D eigenvalue weighted by Crippen LogP contribution is -2.11. The summed E-state index contributed by atoms with van der Waals surface area (Å²) in [5.41, 5.74) is 0.0447. The highest BCUT2D eigenvalue weighted by Gasteiger charge is 2.58. The van der Waals surface area contributed by atoms with Gasteiger partial charge in [0.1, 0.15) is 17.1 Å². The second kappa shape index (κ2) is 8.59. The Balaban J connectivity index is 0.000000640. The fraction of sp³-hybridized carbons (Fsp3) is 0.368. The van der Waals surface area contributed by atoms with Gasteiger partial charge in [-0.2, -0.15) is 13.2 Å². The maximum absolute atomic E-state index is 13.1. The number of hydrogen-bond donors (Lipinski definition) is 1. The lowest BCUT2D eigenvalue weighted by atomic mass is 10.0. The average Bonchev–Trinajstić information content (AvgIpc) is 3.14. The Labute approximate surface area is 163 Å². The van der Waals surface area contributed by atoms with Crippen LogP contribution in [0, 0.1) is 17.2 Å². The van der Waals surface area contributed by atoms with Gasteiger partial charge in [-0.15, -0.1) is 0 Å². The predicted molar refractivity (Wildman–Crippen MR) is 96.5 cm³/mol. The molecule has 0 radical (unpaired) electrons. The van der Waals surface area contributed by atoms with Crippen molar-refractivity contribution in [2.45, 2.75) is 25.9 Å². The summed E-state index contributed by atoms with van der Waals surface area (Å²) >= 11 is -2.36. The van der Waals surface area contributed by atoms with Crippen LogP contribution in [0.5, 0.6) is 5.75 Å². The summed E-state index contributed by atoms with van der Waals surface area (Å²) in [4.78, 5) is 0. The minimum absolute atomic E-state index is 0.0419. The molecule has 1 aliphatic rings. The van der Waals surface area contributed by atoms with E-state index in [1.54, 1.807) is 0 Å². The maximum atomic E-state index is 13.1. The Morgan fingerprint density at radius 2 is 1.75 bits per heavy atom. The zero-order valence-electron chi connectivity index (χ0n) is 15.2. The van der Waals surface area contributed by atoms with E-state index in [1.807, 2.05) is 30.3 Å². The first-order valence-corrected chi connectivity index (χ1v) is 9.46. The van der Waals surface area contributed by atoms with E-state index in [1.165, 1.54) is 0 Å². The van der Waals surface area contributed by atoms with Crippen LogP contribution in [-0.2, 0) is 17.4 Å². The molecule has 9 heteroatoms. The molecule has 3 rings (SSSR count). The van der Waals surface area contributed by atoms with Gasteiger partial charge in [0.2, 0.25) is 0 Å². The molecule has 0 amide bonds. The van der Waals surface area contributed by atoms with Gasteiger partial charge < -0.3 is 9.29 Å². The molecular weight excluding hydrogens is 398 g/mol. The highest BCUT2D eigenvalue weighted by Crippen LogP contribution is 2.64. The number of benzene rings is 2. The number of nitrogens with two attached hydrogens (primary N) is 1. The van der Waals surface area contributed by atoms with E-state index in [-0.39, 0.29) is 29.6 Å². The first-order valence-electron chi connectivity index (χ1n) is 8.32. The van der Waals surface area contributed by atoms with E-state index < -0.39 is 28.8 Å². The van der Waals surface area contributed by atoms with Crippen molar-refractivity contribution >= 4 is 11.3 Å². The van der Waals surface area contributed by atoms with Gasteiger partial charge in [0.25, 0.3) is 0 Å². The Hall–Kier alpha value is -1.97. The minimum Gasteiger partial charge on any atom is -0.760 e. The Morgan fingerprint density at radius 3 is 2.29 bits per heavy atom. The molecule has 0 bridgehead atoms. The van der Waals surface area contributed by atoms with Crippen molar-refractivity contribution in [1.29, 1.82) is 0 Å². The second-order valence-electron chi connectivity index (χ2n) is 7.03. The van der Waals surface area contributed by atoms with E-state index in [9.17, 15) is 17.6 Å². The molecule has 2 aromatic carbocycles. The molecule has 1 unspecified atom stereocenters. The molecule has 0 spiro atoms. The summed E-state index contributed by atoms with van der Waals surface area (Å²) in [5, 5.41) is 4.03. The van der Waals surface area contributed by atoms with Gasteiger partial charge in [0.15, 0.2) is 0 Å². The molecule has 3 atom stereocenters. The number of halogens is 4. The van der Waals surface area contributed by atoms with Gasteiger partial charge in [-0.05, 0) is 35.1 Å². The summed E-state index contributed by atoms with van der Waals surface area (Å²) in [6.45, 7) is 4.32. The van der Waals surface area contributed by atoms with Gasteiger partial charge in [0, 0.05) is 17.2 Å². The van der Waals surface area contributed by atoms with Crippen molar-refractivity contribution in [3.05, 3.63) is 65.5 Å². The van der Waals surface area contributed by atoms with Crippen molar-refractivity contribution in [3.63, 3.8) is 0 Å². The molecule has 4 nitrogen and oxygen atoms in total. The standard InChI is InChI=1S/C19H18F4O.H3NO2S/c1-18(2)15(17(18)12-6-4-3-5-7-12)11-24-16-9-8-13(20)10-14(16)19(21,22)23;1-4(2)3/h3-10,15,17H,11H2,1-2H3;1H2,(H,2,3)/p-1/t15-,17-;/m1./s1. The minimum atomic E-state index is -4.64. The van der Waals surface area contributed by atoms with Crippen LogP contribution in [-0.4, -0.2) is 15.4 Å². The molecule has 2 N–H and O–H groups in total. The summed E-state index contributed by atoms with van der Waals surface area (Å²) in [5.74, 6) is -0.887. The second-order valence-corrected chi connectivity index (χ2v) is 7.55. The Kier molecular flexibility index (Phi) is 6.84. The van der Waals surface area contributed by atoms with Crippen LogP contribution >= 0.6 is 0 Å². The van der Waals surface area contributed by atoms with Crippen LogP contribution in [0.4, 0.5) is 17.6 Å². The SMILES string of the molecule is CC1(C)[C@H](COc2ccc(F)cc2C(F)(F)F)[C@H]1c1ccccc1.NS(=O)[O-]. The fourth-order valence-corrected chi connectivity index (χ4v) is 3.41. The van der Waals surface area contributed by atoms with Crippen LogP contribution in [0.3, 0.4) is 0 Å². The molecule has 0 heterocycles. The molecule has 0 aromatic heterocycles. The van der Waals surface area contributed by atoms with Crippen molar-refractivity contribution in [2.24, 2.45) is 16.5 Å². The summed E-state index contributed by atoms with van der Waals surface area (Å²) < 4.78 is 75.2. The van der Waals surface area contributed by atoms with E-state index in [4.69, 9.17) is 13.5 Å². The first kappa shape index (κ1) is 22.3. The first-order chi connectivity index (χ1) is 12.9. The van der Waals surface area contributed by atoms with Crippen molar-refractivity contribution in [3.8, 4) is 5.75 Å². The van der Waals surface area contributed by atoms with E-state index in [0.29, 0.717) is 6.07 Å². The van der Waals surface area contributed by atoms with Crippen LogP contribution in [0.15, 0.2) is 48.5 Å². The Bertz CT molecular complexity index is 824. The third-order valence-electron chi connectivity index (χ3n) is 4.87. The van der Waals surface area contributed by atoms with Crippen LogP contribution in [0.1, 0.15) is 30.9 Å². The third-order valence-corrected chi connectivity index (χ3v) is 4.87. The molecule has 154 valence electrons. The highest BCUT2D eigenvalue weighted by atomic mass is 32.2. The highest BCUT2D eigenvalue weighted by molar-refractivity contribution is 7.76. The summed E-state index contributed by atoms with van der Waals surface area (Å²) in [6, 6.07) is 12.4. The average molecular weight is 418 g/mol. The fourth-order valence-electron chi connectivity index (χ4n) is 3.41. The van der Waals surface area contributed by atoms with Crippen LogP contribution in [0.25, 0.3) is 0 Å². The quantitative estimate of drug-likeness (QED) is 0.591. The van der Waals surface area contributed by atoms with Crippen molar-refractivity contribution in [1.82, 2.24) is 0 Å². The zero-order valence-corrected chi connectivity index (χ0v) is 16.0. The molecule has 1 aliphatic carbocycles. The number of rotatable bonds is 4. The molecule has 2 aromatic rings. The lowest BCUT2D eigenvalue weighted by Gasteiger charge is -2.14. The largest absolute Gasteiger partial charge is 0.760 e. The molecule has 1 saturated carbocycles. The topological polar surface area (TPSA) is 75.4 Å². The zero-order chi connectivity index (χ0) is 21.1. The van der Waals surface area contributed by atoms with Gasteiger partial charge >= 0.3 is 6.18 Å². The normalized spacial score (nSPS) is 21.3. The van der Waals surface area contributed by atoms with E-state index in [2.05, 4.69) is 19.0 Å². The molecular formula is C19H20F4NO3S-. The Morgan fingerprint density at radius 1 is 1.18 bits per heavy atom. The number of hydrogen-bond acceptors (Lipinski definition) is 3.